The molecule has 0 spiro atoms. The number of benzene rings is 1. The van der Waals surface area contributed by atoms with Crippen LogP contribution in [0.25, 0.3) is 11.4 Å². The first-order valence-electron chi connectivity index (χ1n) is 10.8. The van der Waals surface area contributed by atoms with Crippen LogP contribution in [0, 0.1) is 0 Å². The summed E-state index contributed by atoms with van der Waals surface area (Å²) in [5.74, 6) is 1.27. The van der Waals surface area contributed by atoms with Gasteiger partial charge >= 0.3 is 0 Å². The number of H-pyrrole nitrogens is 1. The number of pyridine rings is 1. The zero-order valence-corrected chi connectivity index (χ0v) is 17.8. The molecule has 162 valence electrons. The highest BCUT2D eigenvalue weighted by Gasteiger charge is 2.26. The van der Waals surface area contributed by atoms with Gasteiger partial charge in [0.2, 0.25) is 0 Å². The fourth-order valence-corrected chi connectivity index (χ4v) is 4.19. The number of likely N-dealkylation sites (tertiary alicyclic amines) is 1. The van der Waals surface area contributed by atoms with Crippen molar-refractivity contribution in [2.45, 2.75) is 45.4 Å². The van der Waals surface area contributed by atoms with Gasteiger partial charge < -0.3 is 14.8 Å². The predicted molar refractivity (Wildman–Crippen MR) is 119 cm³/mol. The van der Waals surface area contributed by atoms with E-state index in [9.17, 15) is 9.90 Å². The molecule has 7 nitrogen and oxygen atoms in total. The molecule has 0 saturated carbocycles. The number of ether oxygens (including phenoxy) is 1. The first-order chi connectivity index (χ1) is 15.2. The maximum absolute atomic E-state index is 12.4. The van der Waals surface area contributed by atoms with Crippen LogP contribution in [0.5, 0.6) is 5.75 Å². The van der Waals surface area contributed by atoms with Gasteiger partial charge in [-0.15, -0.1) is 0 Å². The third-order valence-corrected chi connectivity index (χ3v) is 5.63. The van der Waals surface area contributed by atoms with Crippen molar-refractivity contribution < 1.29 is 9.84 Å². The molecule has 1 atom stereocenters. The summed E-state index contributed by atoms with van der Waals surface area (Å²) in [6.45, 7) is 4.09. The van der Waals surface area contributed by atoms with Gasteiger partial charge in [0.25, 0.3) is 5.56 Å². The van der Waals surface area contributed by atoms with Crippen molar-refractivity contribution in [1.82, 2.24) is 19.9 Å². The van der Waals surface area contributed by atoms with Crippen LogP contribution in [-0.2, 0) is 13.2 Å². The normalized spacial score (nSPS) is 16.9. The molecule has 1 aliphatic rings. The van der Waals surface area contributed by atoms with Crippen molar-refractivity contribution in [1.29, 1.82) is 0 Å². The smallest absolute Gasteiger partial charge is 0.251 e. The Morgan fingerprint density at radius 2 is 2.16 bits per heavy atom. The number of nitrogens with one attached hydrogen (secondary N) is 1. The summed E-state index contributed by atoms with van der Waals surface area (Å²) in [7, 11) is 0. The second-order valence-electron chi connectivity index (χ2n) is 7.78. The second kappa shape index (κ2) is 9.85. The molecular weight excluding hydrogens is 392 g/mol. The summed E-state index contributed by atoms with van der Waals surface area (Å²) in [4.78, 5) is 26.5. The summed E-state index contributed by atoms with van der Waals surface area (Å²) >= 11 is 0. The van der Waals surface area contributed by atoms with E-state index in [1.807, 2.05) is 37.3 Å². The lowest BCUT2D eigenvalue weighted by Crippen LogP contribution is -2.34. The molecule has 0 amide bonds. The molecule has 1 aliphatic heterocycles. The monoisotopic (exact) mass is 420 g/mol. The van der Waals surface area contributed by atoms with Gasteiger partial charge in [-0.3, -0.25) is 14.7 Å². The SMILES string of the molecule is CCOc1ccc(CN2CCCCC2c2cc(=O)[nH]c(-c3cccnc3)n2)cc1CO. The molecule has 1 aromatic carbocycles. The zero-order chi connectivity index (χ0) is 21.6. The Kier molecular flexibility index (Phi) is 6.74. The molecule has 1 unspecified atom stereocenters. The zero-order valence-electron chi connectivity index (χ0n) is 17.8. The summed E-state index contributed by atoms with van der Waals surface area (Å²) in [5.41, 5.74) is 3.33. The maximum atomic E-state index is 12.4. The van der Waals surface area contributed by atoms with Crippen molar-refractivity contribution in [3.05, 3.63) is 76.0 Å². The Labute approximate surface area is 181 Å². The first kappa shape index (κ1) is 21.2. The highest BCUT2D eigenvalue weighted by atomic mass is 16.5. The number of piperidine rings is 1. The fourth-order valence-electron chi connectivity index (χ4n) is 4.19. The molecule has 1 fully saturated rings. The summed E-state index contributed by atoms with van der Waals surface area (Å²) in [5, 5.41) is 9.73. The molecular formula is C24H28N4O3. The van der Waals surface area contributed by atoms with E-state index in [-0.39, 0.29) is 18.2 Å². The minimum Gasteiger partial charge on any atom is -0.494 e. The quantitative estimate of drug-likeness (QED) is 0.608. The topological polar surface area (TPSA) is 91.3 Å². The number of hydrogen-bond acceptors (Lipinski definition) is 6. The van der Waals surface area contributed by atoms with Crippen LogP contribution >= 0.6 is 0 Å². The highest BCUT2D eigenvalue weighted by Crippen LogP contribution is 2.32. The van der Waals surface area contributed by atoms with Crippen molar-refractivity contribution in [2.24, 2.45) is 0 Å². The Hall–Kier alpha value is -3.03. The third-order valence-electron chi connectivity index (χ3n) is 5.63. The Morgan fingerprint density at radius 3 is 2.94 bits per heavy atom. The fraction of sp³-hybridized carbons (Fsp3) is 0.375. The molecule has 0 bridgehead atoms. The van der Waals surface area contributed by atoms with Crippen LogP contribution in [0.4, 0.5) is 0 Å². The molecule has 0 radical (unpaired) electrons. The minimum absolute atomic E-state index is 0.0588. The molecule has 2 aromatic heterocycles. The molecule has 7 heteroatoms. The average molecular weight is 421 g/mol. The van der Waals surface area contributed by atoms with E-state index >= 15 is 0 Å². The Morgan fingerprint density at radius 1 is 1.26 bits per heavy atom. The average Bonchev–Trinajstić information content (AvgIpc) is 2.81. The molecule has 4 rings (SSSR count). The first-order valence-corrected chi connectivity index (χ1v) is 10.8. The van der Waals surface area contributed by atoms with E-state index < -0.39 is 0 Å². The predicted octanol–water partition coefficient (Wildman–Crippen LogP) is 3.45. The van der Waals surface area contributed by atoms with E-state index in [4.69, 9.17) is 9.72 Å². The van der Waals surface area contributed by atoms with E-state index in [1.54, 1.807) is 18.5 Å². The number of aromatic amines is 1. The largest absolute Gasteiger partial charge is 0.494 e. The van der Waals surface area contributed by atoms with Gasteiger partial charge in [-0.25, -0.2) is 4.98 Å². The van der Waals surface area contributed by atoms with E-state index in [2.05, 4.69) is 14.9 Å². The molecule has 2 N–H and O–H groups in total. The maximum Gasteiger partial charge on any atom is 0.251 e. The number of aromatic nitrogens is 3. The molecule has 0 aliphatic carbocycles. The minimum atomic E-state index is -0.155. The van der Waals surface area contributed by atoms with Crippen LogP contribution in [0.1, 0.15) is 49.0 Å². The number of rotatable bonds is 7. The lowest BCUT2D eigenvalue weighted by molar-refractivity contribution is 0.137. The van der Waals surface area contributed by atoms with Gasteiger partial charge in [-0.1, -0.05) is 12.5 Å². The van der Waals surface area contributed by atoms with Crippen LogP contribution in [0.2, 0.25) is 0 Å². The number of aliphatic hydroxyl groups excluding tert-OH is 1. The van der Waals surface area contributed by atoms with Crippen molar-refractivity contribution in [2.75, 3.05) is 13.2 Å². The van der Waals surface area contributed by atoms with Crippen LogP contribution in [0.15, 0.2) is 53.6 Å². The molecule has 31 heavy (non-hydrogen) atoms. The van der Waals surface area contributed by atoms with Gasteiger partial charge in [0.05, 0.1) is 24.9 Å². The second-order valence-corrected chi connectivity index (χ2v) is 7.78. The van der Waals surface area contributed by atoms with E-state index in [1.165, 1.54) is 0 Å². The van der Waals surface area contributed by atoms with Gasteiger partial charge in [0, 0.05) is 36.1 Å². The lowest BCUT2D eigenvalue weighted by atomic mass is 9.97. The van der Waals surface area contributed by atoms with Gasteiger partial charge in [0.1, 0.15) is 11.6 Å². The van der Waals surface area contributed by atoms with Crippen molar-refractivity contribution >= 4 is 0 Å². The van der Waals surface area contributed by atoms with Crippen molar-refractivity contribution in [3.63, 3.8) is 0 Å². The molecule has 3 heterocycles. The van der Waals surface area contributed by atoms with E-state index in [0.717, 1.165) is 60.5 Å². The number of nitrogens with zero attached hydrogens (tertiary/aromatic N) is 3. The standard InChI is InChI=1S/C24H28N4O3/c1-2-31-22-9-8-17(12-19(22)16-29)15-28-11-4-3-7-21(28)20-13-23(30)27-24(26-20)18-6-5-10-25-14-18/h5-6,8-10,12-14,21,29H,2-4,7,11,15-16H2,1H3,(H,26,27,30). The summed E-state index contributed by atoms with van der Waals surface area (Å²) in [6, 6.07) is 11.4. The number of aliphatic hydroxyl groups is 1. The van der Waals surface area contributed by atoms with Gasteiger partial charge in [-0.05, 0) is 56.1 Å². The van der Waals surface area contributed by atoms with Crippen LogP contribution in [0.3, 0.4) is 0 Å². The molecule has 1 saturated heterocycles. The lowest BCUT2D eigenvalue weighted by Gasteiger charge is -2.35. The van der Waals surface area contributed by atoms with Crippen molar-refractivity contribution in [3.8, 4) is 17.1 Å². The number of hydrogen-bond donors (Lipinski definition) is 2. The van der Waals surface area contributed by atoms with E-state index in [0.29, 0.717) is 12.4 Å². The summed E-state index contributed by atoms with van der Waals surface area (Å²) < 4.78 is 5.60. The molecule has 3 aromatic rings. The van der Waals surface area contributed by atoms with Gasteiger partial charge in [0.15, 0.2) is 0 Å². The Balaban J connectivity index is 1.61. The van der Waals surface area contributed by atoms with Crippen LogP contribution in [-0.4, -0.2) is 38.1 Å². The highest BCUT2D eigenvalue weighted by molar-refractivity contribution is 5.52. The third kappa shape index (κ3) is 5.00. The Bertz CT molecular complexity index is 1070. The summed E-state index contributed by atoms with van der Waals surface area (Å²) in [6.07, 6.45) is 6.57. The van der Waals surface area contributed by atoms with Crippen LogP contribution < -0.4 is 10.3 Å². The van der Waals surface area contributed by atoms with Gasteiger partial charge in [-0.2, -0.15) is 0 Å².